The van der Waals surface area contributed by atoms with Crippen LogP contribution in [0.15, 0.2) is 36.9 Å². The second-order valence-corrected chi connectivity index (χ2v) is 7.63. The fourth-order valence-corrected chi connectivity index (χ4v) is 3.88. The van der Waals surface area contributed by atoms with Crippen LogP contribution in [0.25, 0.3) is 6.08 Å². The van der Waals surface area contributed by atoms with Gasteiger partial charge < -0.3 is 10.2 Å². The first-order valence-corrected chi connectivity index (χ1v) is 10.3. The minimum atomic E-state index is 0.0243. The number of rotatable bonds is 5. The molecular formula is C22H26N8O. The number of aryl methyl sites for hydroxylation is 2. The molecule has 3 aromatic heterocycles. The predicted molar refractivity (Wildman–Crippen MR) is 118 cm³/mol. The second-order valence-electron chi connectivity index (χ2n) is 7.63. The van der Waals surface area contributed by atoms with Crippen molar-refractivity contribution in [2.24, 2.45) is 7.05 Å². The third kappa shape index (κ3) is 4.60. The number of piperidine rings is 1. The van der Waals surface area contributed by atoms with Crippen LogP contribution in [-0.2, 0) is 11.8 Å². The van der Waals surface area contributed by atoms with Crippen molar-refractivity contribution < 1.29 is 4.79 Å². The lowest BCUT2D eigenvalue weighted by Crippen LogP contribution is -2.37. The van der Waals surface area contributed by atoms with E-state index in [2.05, 4.69) is 30.4 Å². The highest BCUT2D eigenvalue weighted by atomic mass is 16.2. The molecule has 1 aliphatic heterocycles. The Morgan fingerprint density at radius 1 is 1.06 bits per heavy atom. The highest BCUT2D eigenvalue weighted by Gasteiger charge is 2.26. The topological polar surface area (TPSA) is 102 Å². The summed E-state index contributed by atoms with van der Waals surface area (Å²) in [5.41, 5.74) is 3.86. The van der Waals surface area contributed by atoms with Crippen molar-refractivity contribution in [3.05, 3.63) is 59.6 Å². The molecule has 0 aromatic carbocycles. The Bertz CT molecular complexity index is 1080. The van der Waals surface area contributed by atoms with Gasteiger partial charge in [0.15, 0.2) is 5.82 Å². The molecule has 0 saturated carbocycles. The molecule has 160 valence electrons. The first-order valence-electron chi connectivity index (χ1n) is 10.3. The molecule has 0 atom stereocenters. The Balaban J connectivity index is 1.40. The van der Waals surface area contributed by atoms with Crippen LogP contribution >= 0.6 is 0 Å². The molecule has 0 unspecified atom stereocenters. The maximum Gasteiger partial charge on any atom is 0.246 e. The van der Waals surface area contributed by atoms with Crippen molar-refractivity contribution in [1.82, 2.24) is 34.6 Å². The Hall–Kier alpha value is -3.62. The lowest BCUT2D eigenvalue weighted by molar-refractivity contribution is -0.126. The van der Waals surface area contributed by atoms with Gasteiger partial charge in [0.25, 0.3) is 0 Å². The molecule has 0 spiro atoms. The van der Waals surface area contributed by atoms with E-state index in [1.54, 1.807) is 36.9 Å². The van der Waals surface area contributed by atoms with E-state index >= 15 is 0 Å². The zero-order valence-corrected chi connectivity index (χ0v) is 18.0. The minimum absolute atomic E-state index is 0.0243. The number of carbonyl (C=O) groups is 1. The van der Waals surface area contributed by atoms with Crippen molar-refractivity contribution >= 4 is 23.7 Å². The number of hydrogen-bond donors (Lipinski definition) is 1. The van der Waals surface area contributed by atoms with Gasteiger partial charge in [-0.25, -0.2) is 15.0 Å². The average molecular weight is 419 g/mol. The van der Waals surface area contributed by atoms with Crippen LogP contribution in [0.5, 0.6) is 0 Å². The molecule has 9 nitrogen and oxygen atoms in total. The number of anilines is 2. The lowest BCUT2D eigenvalue weighted by atomic mass is 9.93. The average Bonchev–Trinajstić information content (AvgIpc) is 3.04. The quantitative estimate of drug-likeness (QED) is 0.636. The summed E-state index contributed by atoms with van der Waals surface area (Å²) in [5, 5.41) is 7.55. The summed E-state index contributed by atoms with van der Waals surface area (Å²) in [5.74, 6) is 1.40. The first kappa shape index (κ1) is 20.6. The molecule has 0 radical (unpaired) electrons. The summed E-state index contributed by atoms with van der Waals surface area (Å²) in [6.45, 7) is 5.31. The standard InChI is InChI=1S/C22H26N8O/c1-15-18(16(2)29(3)28-15)5-6-19(31)30-13-7-17(8-14-30)20-21(24-12-11-23-20)27-22-25-9-4-10-26-22/h4-6,9-12,17H,7-8,13-14H2,1-3H3,(H,24,25,26,27)/b6-5+. The van der Waals surface area contributed by atoms with Crippen molar-refractivity contribution in [2.45, 2.75) is 32.6 Å². The van der Waals surface area contributed by atoms with Crippen LogP contribution in [0.1, 0.15) is 41.4 Å². The van der Waals surface area contributed by atoms with E-state index in [-0.39, 0.29) is 11.8 Å². The molecular weight excluding hydrogens is 392 g/mol. The van der Waals surface area contributed by atoms with Gasteiger partial charge in [0.1, 0.15) is 0 Å². The smallest absolute Gasteiger partial charge is 0.246 e. The fourth-order valence-electron chi connectivity index (χ4n) is 3.88. The molecule has 1 N–H and O–H groups in total. The van der Waals surface area contributed by atoms with E-state index in [1.165, 1.54) is 0 Å². The van der Waals surface area contributed by atoms with E-state index in [9.17, 15) is 4.79 Å². The van der Waals surface area contributed by atoms with Crippen LogP contribution in [-0.4, -0.2) is 53.6 Å². The van der Waals surface area contributed by atoms with Gasteiger partial charge in [0.2, 0.25) is 11.9 Å². The van der Waals surface area contributed by atoms with Gasteiger partial charge in [-0.3, -0.25) is 14.5 Å². The van der Waals surface area contributed by atoms with Gasteiger partial charge >= 0.3 is 0 Å². The molecule has 4 rings (SSSR count). The highest BCUT2D eigenvalue weighted by molar-refractivity contribution is 5.92. The molecule has 4 heterocycles. The number of hydrogen-bond acceptors (Lipinski definition) is 7. The third-order valence-corrected chi connectivity index (χ3v) is 5.67. The van der Waals surface area contributed by atoms with Crippen LogP contribution in [0.2, 0.25) is 0 Å². The Morgan fingerprint density at radius 3 is 2.45 bits per heavy atom. The van der Waals surface area contributed by atoms with E-state index in [0.29, 0.717) is 24.9 Å². The third-order valence-electron chi connectivity index (χ3n) is 5.67. The van der Waals surface area contributed by atoms with Crippen LogP contribution in [0, 0.1) is 13.8 Å². The SMILES string of the molecule is Cc1nn(C)c(C)c1/C=C/C(=O)N1CCC(c2nccnc2Nc2ncccn2)CC1. The number of carbonyl (C=O) groups excluding carboxylic acids is 1. The summed E-state index contributed by atoms with van der Waals surface area (Å²) >= 11 is 0. The number of likely N-dealkylation sites (tertiary alicyclic amines) is 1. The van der Waals surface area contributed by atoms with E-state index in [1.807, 2.05) is 36.6 Å². The molecule has 1 aliphatic rings. The largest absolute Gasteiger partial charge is 0.339 e. The normalized spacial score (nSPS) is 14.9. The number of nitrogens with one attached hydrogen (secondary N) is 1. The van der Waals surface area contributed by atoms with Crippen LogP contribution < -0.4 is 5.32 Å². The van der Waals surface area contributed by atoms with Crippen molar-refractivity contribution in [1.29, 1.82) is 0 Å². The summed E-state index contributed by atoms with van der Waals surface area (Å²) < 4.78 is 1.83. The summed E-state index contributed by atoms with van der Waals surface area (Å²) in [7, 11) is 1.91. The minimum Gasteiger partial charge on any atom is -0.339 e. The molecule has 1 amide bonds. The van der Waals surface area contributed by atoms with E-state index < -0.39 is 0 Å². The van der Waals surface area contributed by atoms with Crippen molar-refractivity contribution in [2.75, 3.05) is 18.4 Å². The predicted octanol–water partition coefficient (Wildman–Crippen LogP) is 2.78. The van der Waals surface area contributed by atoms with Crippen molar-refractivity contribution in [3.63, 3.8) is 0 Å². The molecule has 0 aliphatic carbocycles. The molecule has 1 fully saturated rings. The lowest BCUT2D eigenvalue weighted by Gasteiger charge is -2.31. The van der Waals surface area contributed by atoms with Gasteiger partial charge in [0.05, 0.1) is 11.4 Å². The molecule has 0 bridgehead atoms. The second kappa shape index (κ2) is 9.03. The first-order chi connectivity index (χ1) is 15.0. The van der Waals surface area contributed by atoms with Crippen LogP contribution in [0.3, 0.4) is 0 Å². The van der Waals surface area contributed by atoms with Gasteiger partial charge in [-0.2, -0.15) is 5.10 Å². The molecule has 3 aromatic rings. The molecule has 31 heavy (non-hydrogen) atoms. The zero-order chi connectivity index (χ0) is 21.8. The Labute approximate surface area is 181 Å². The fraction of sp³-hybridized carbons (Fsp3) is 0.364. The Morgan fingerprint density at radius 2 is 1.77 bits per heavy atom. The van der Waals surface area contributed by atoms with Crippen LogP contribution in [0.4, 0.5) is 11.8 Å². The zero-order valence-electron chi connectivity index (χ0n) is 18.0. The highest BCUT2D eigenvalue weighted by Crippen LogP contribution is 2.31. The number of aromatic nitrogens is 6. The maximum atomic E-state index is 12.7. The molecule has 1 saturated heterocycles. The van der Waals surface area contributed by atoms with Gasteiger partial charge in [0, 0.05) is 68.2 Å². The van der Waals surface area contributed by atoms with Gasteiger partial charge in [-0.05, 0) is 38.8 Å². The summed E-state index contributed by atoms with van der Waals surface area (Å²) in [6.07, 6.45) is 11.9. The van der Waals surface area contributed by atoms with E-state index in [0.717, 1.165) is 35.5 Å². The number of amides is 1. The monoisotopic (exact) mass is 418 g/mol. The maximum absolute atomic E-state index is 12.7. The summed E-state index contributed by atoms with van der Waals surface area (Å²) in [4.78, 5) is 32.0. The summed E-state index contributed by atoms with van der Waals surface area (Å²) in [6, 6.07) is 1.76. The van der Waals surface area contributed by atoms with Gasteiger partial charge in [-0.1, -0.05) is 0 Å². The van der Waals surface area contributed by atoms with Gasteiger partial charge in [-0.15, -0.1) is 0 Å². The Kier molecular flexibility index (Phi) is 6.01. The van der Waals surface area contributed by atoms with Crippen molar-refractivity contribution in [3.8, 4) is 0 Å². The van der Waals surface area contributed by atoms with E-state index in [4.69, 9.17) is 0 Å². The number of nitrogens with zero attached hydrogens (tertiary/aromatic N) is 7. The molecule has 9 heteroatoms.